The normalized spacial score (nSPS) is 15.1. The van der Waals surface area contributed by atoms with Crippen LogP contribution in [0.1, 0.15) is 36.1 Å². The molecule has 6 rings (SSSR count). The SMILES string of the molecule is CC1(C)[C-]=c2ccccc2=C1C(=[SiH2])[Si](C)(C)C.[Cl-].[Cl-].[SiH2]=C1[CH-]C(c2ccccc2)(c2ccccc2)c2ccccc21.[Zr+4]. The molecule has 42 heavy (non-hydrogen) atoms. The van der Waals surface area contributed by atoms with Crippen LogP contribution in [0.3, 0.4) is 0 Å². The Kier molecular flexibility index (Phi) is 12.5. The third-order valence-electron chi connectivity index (χ3n) is 8.02. The first-order valence-electron chi connectivity index (χ1n) is 13.8. The van der Waals surface area contributed by atoms with Crippen molar-refractivity contribution in [3.63, 3.8) is 0 Å². The van der Waals surface area contributed by atoms with Gasteiger partial charge in [-0.1, -0.05) is 138 Å². The molecule has 0 fully saturated rings. The van der Waals surface area contributed by atoms with Gasteiger partial charge in [0.2, 0.25) is 0 Å². The van der Waals surface area contributed by atoms with E-state index >= 15 is 0 Å². The number of hydrogen-bond donors (Lipinski definition) is 0. The molecule has 6 heteroatoms. The Morgan fingerprint density at radius 2 is 1.19 bits per heavy atom. The van der Waals surface area contributed by atoms with E-state index in [0.29, 0.717) is 0 Å². The van der Waals surface area contributed by atoms with Crippen LogP contribution < -0.4 is 35.3 Å². The molecule has 0 heterocycles. The molecule has 0 aromatic heterocycles. The second kappa shape index (κ2) is 14.4. The van der Waals surface area contributed by atoms with E-state index in [1.807, 2.05) is 9.85 Å². The van der Waals surface area contributed by atoms with Crippen LogP contribution in [-0.4, -0.2) is 37.7 Å². The van der Waals surface area contributed by atoms with Crippen molar-refractivity contribution in [2.24, 2.45) is 5.41 Å². The average molecular weight is 717 g/mol. The molecule has 0 bridgehead atoms. The summed E-state index contributed by atoms with van der Waals surface area (Å²) in [6.45, 7) is 11.9. The summed E-state index contributed by atoms with van der Waals surface area (Å²) in [7, 11) is 2.85. The van der Waals surface area contributed by atoms with Crippen molar-refractivity contribution in [1.82, 2.24) is 0 Å². The van der Waals surface area contributed by atoms with Crippen LogP contribution in [0.15, 0.2) is 109 Å². The summed E-state index contributed by atoms with van der Waals surface area (Å²) in [6, 6.07) is 39.1. The van der Waals surface area contributed by atoms with Gasteiger partial charge < -0.3 is 24.8 Å². The fourth-order valence-corrected chi connectivity index (χ4v) is 8.48. The zero-order valence-corrected chi connectivity index (χ0v) is 32.9. The van der Waals surface area contributed by atoms with E-state index in [9.17, 15) is 0 Å². The Hall–Kier alpha value is -1.66. The zero-order valence-electron chi connectivity index (χ0n) is 25.1. The van der Waals surface area contributed by atoms with Crippen molar-refractivity contribution in [2.75, 3.05) is 0 Å². The molecule has 0 nitrogen and oxygen atoms in total. The van der Waals surface area contributed by atoms with Crippen LogP contribution in [0.2, 0.25) is 19.6 Å². The summed E-state index contributed by atoms with van der Waals surface area (Å²) in [5.74, 6) is 0. The first kappa shape index (κ1) is 36.5. The summed E-state index contributed by atoms with van der Waals surface area (Å²) < 4.78 is 0. The fraction of sp³-hybridized carbons (Fsp3) is 0.194. The molecule has 0 amide bonds. The number of rotatable bonds is 4. The van der Waals surface area contributed by atoms with Crippen LogP contribution in [-0.2, 0) is 31.6 Å². The molecule has 0 aliphatic heterocycles. The first-order valence-corrected chi connectivity index (χ1v) is 18.7. The summed E-state index contributed by atoms with van der Waals surface area (Å²) in [5, 5.41) is 4.07. The molecule has 212 valence electrons. The molecule has 4 aromatic rings. The van der Waals surface area contributed by atoms with Crippen LogP contribution >= 0.6 is 0 Å². The second-order valence-electron chi connectivity index (χ2n) is 12.2. The van der Waals surface area contributed by atoms with Crippen molar-refractivity contribution in [2.45, 2.75) is 38.9 Å². The van der Waals surface area contributed by atoms with Gasteiger partial charge in [0, 0.05) is 0 Å². The van der Waals surface area contributed by atoms with Gasteiger partial charge in [-0.25, -0.2) is 11.6 Å². The van der Waals surface area contributed by atoms with Crippen molar-refractivity contribution < 1.29 is 51.0 Å². The van der Waals surface area contributed by atoms with Crippen LogP contribution in [0.25, 0.3) is 11.6 Å². The van der Waals surface area contributed by atoms with E-state index in [2.05, 4.69) is 165 Å². The number of benzene rings is 4. The summed E-state index contributed by atoms with van der Waals surface area (Å²) in [6.07, 6.45) is 6.08. The third-order valence-corrected chi connectivity index (χ3v) is 14.2. The molecule has 2 aliphatic rings. The Bertz CT molecular complexity index is 1630. The van der Waals surface area contributed by atoms with Gasteiger partial charge >= 0.3 is 26.2 Å². The van der Waals surface area contributed by atoms with Gasteiger partial charge in [-0.2, -0.15) is 22.9 Å². The molecule has 0 spiro atoms. The average Bonchev–Trinajstić information content (AvgIpc) is 3.39. The standard InChI is InChI=1S/C21H17Si.C15H21Si2.2ClH.Zr/c22-20-15-21(16-9-3-1-4-10-16,17-11-5-2-6-12-17)19-14-8-7-13-18(19)20;1-15(2)10-11-8-6-7-9-12(11)13(15)14(16)17(3,4)5;;;/h1-15H,22H2;6-9H,16H2,1-5H3;2*1H;/q2*-1;;;+4/p-2. The first-order chi connectivity index (χ1) is 18.6. The molecule has 0 atom stereocenters. The van der Waals surface area contributed by atoms with Gasteiger partial charge in [-0.05, 0) is 26.4 Å². The summed E-state index contributed by atoms with van der Waals surface area (Å²) in [4.78, 5) is 1.64. The predicted octanol–water partition coefficient (Wildman–Crippen LogP) is -1.38. The molecular formula is C36H38Cl2Si3Zr. The molecule has 0 saturated carbocycles. The Labute approximate surface area is 290 Å². The smallest absolute Gasteiger partial charge is 1.00 e. The van der Waals surface area contributed by atoms with Crippen molar-refractivity contribution in [3.05, 3.63) is 148 Å². The number of fused-ring (bicyclic) bond motifs is 2. The van der Waals surface area contributed by atoms with Gasteiger partial charge in [0.05, 0.1) is 8.07 Å². The Balaban J connectivity index is 0.000000282. The van der Waals surface area contributed by atoms with Crippen molar-refractivity contribution in [1.29, 1.82) is 0 Å². The maximum absolute atomic E-state index is 3.65. The van der Waals surface area contributed by atoms with Gasteiger partial charge in [-0.3, -0.25) is 0 Å². The maximum Gasteiger partial charge on any atom is 4.00 e. The molecule has 0 radical (unpaired) electrons. The van der Waals surface area contributed by atoms with E-state index in [1.54, 1.807) is 4.79 Å². The van der Waals surface area contributed by atoms with E-state index in [0.717, 1.165) is 0 Å². The minimum Gasteiger partial charge on any atom is -1.00 e. The van der Waals surface area contributed by atoms with E-state index in [-0.39, 0.29) is 61.8 Å². The second-order valence-corrected chi connectivity index (χ2v) is 19.4. The van der Waals surface area contributed by atoms with E-state index in [4.69, 9.17) is 0 Å². The third kappa shape index (κ3) is 6.85. The molecule has 0 unspecified atom stereocenters. The van der Waals surface area contributed by atoms with E-state index in [1.165, 1.54) is 43.4 Å². The summed E-state index contributed by atoms with van der Waals surface area (Å²) >= 11 is 0. The van der Waals surface area contributed by atoms with Crippen LogP contribution in [0, 0.1) is 11.8 Å². The van der Waals surface area contributed by atoms with E-state index < -0.39 is 8.07 Å². The minimum atomic E-state index is -1.23. The Morgan fingerprint density at radius 1 is 0.714 bits per heavy atom. The monoisotopic (exact) mass is 714 g/mol. The van der Waals surface area contributed by atoms with Gasteiger partial charge in [0.15, 0.2) is 0 Å². The maximum atomic E-state index is 3.65. The molecule has 0 N–H and O–H groups in total. The van der Waals surface area contributed by atoms with Crippen LogP contribution in [0.4, 0.5) is 0 Å². The van der Waals surface area contributed by atoms with Crippen molar-refractivity contribution >= 4 is 49.4 Å². The van der Waals surface area contributed by atoms with Gasteiger partial charge in [-0.15, -0.1) is 34.6 Å². The quantitative estimate of drug-likeness (QED) is 0.181. The predicted molar refractivity (Wildman–Crippen MR) is 179 cm³/mol. The minimum absolute atomic E-state index is 0. The largest absolute Gasteiger partial charge is 4.00 e. The Morgan fingerprint density at radius 3 is 1.74 bits per heavy atom. The van der Waals surface area contributed by atoms with Gasteiger partial charge in [0.1, 0.15) is 0 Å². The summed E-state index contributed by atoms with van der Waals surface area (Å²) in [5.41, 5.74) is 6.85. The fourth-order valence-electron chi connectivity index (χ4n) is 6.03. The topological polar surface area (TPSA) is 0 Å². The van der Waals surface area contributed by atoms with Gasteiger partial charge in [0.25, 0.3) is 0 Å². The number of halogens is 2. The molecular weight excluding hydrogens is 679 g/mol. The van der Waals surface area contributed by atoms with Crippen molar-refractivity contribution in [3.8, 4) is 0 Å². The number of hydrogen-bond acceptors (Lipinski definition) is 0. The molecule has 0 saturated heterocycles. The zero-order chi connectivity index (χ0) is 27.8. The molecule has 4 aromatic carbocycles. The van der Waals surface area contributed by atoms with Crippen LogP contribution in [0.5, 0.6) is 0 Å². The molecule has 2 aliphatic carbocycles.